The highest BCUT2D eigenvalue weighted by atomic mass is 35.5. The second-order valence-corrected chi connectivity index (χ2v) is 38.7. The van der Waals surface area contributed by atoms with Crippen molar-refractivity contribution < 1.29 is 101 Å². The van der Waals surface area contributed by atoms with Crippen molar-refractivity contribution in [2.45, 2.75) is 202 Å². The molecule has 2 unspecified atom stereocenters. The van der Waals surface area contributed by atoms with Gasteiger partial charge in [0.25, 0.3) is 0 Å². The van der Waals surface area contributed by atoms with Crippen molar-refractivity contribution in [3.63, 3.8) is 0 Å². The number of primary amides is 1. The molecule has 712 valence electrons. The van der Waals surface area contributed by atoms with Gasteiger partial charge >= 0.3 is 18.1 Å². The van der Waals surface area contributed by atoms with Gasteiger partial charge in [-0.3, -0.25) is 53.3 Å². The number of phenolic OH excluding ortho intramolecular Hbond substituents is 1. The van der Waals surface area contributed by atoms with E-state index in [9.17, 15) is 58.5 Å². The number of para-hydroxylation sites is 1. The Balaban J connectivity index is 0.872. The van der Waals surface area contributed by atoms with Crippen LogP contribution in [0.3, 0.4) is 0 Å². The van der Waals surface area contributed by atoms with Crippen LogP contribution in [-0.4, -0.2) is 256 Å². The number of aromatic amines is 1. The lowest BCUT2D eigenvalue weighted by atomic mass is 9.83. The number of H-pyrrole nitrogens is 1. The molecule has 0 aliphatic carbocycles. The molecule has 132 heavy (non-hydrogen) atoms. The van der Waals surface area contributed by atoms with E-state index in [0.717, 1.165) is 59.2 Å². The van der Waals surface area contributed by atoms with Gasteiger partial charge in [0.15, 0.2) is 5.72 Å². The van der Waals surface area contributed by atoms with Crippen LogP contribution >= 0.6 is 54.8 Å². The molecule has 4 aliphatic heterocycles. The van der Waals surface area contributed by atoms with E-state index >= 15 is 19.2 Å². The number of carbonyl (C=O) groups is 13. The molecule has 0 radical (unpaired) electrons. The number of methoxy groups -OCH3 is 2. The van der Waals surface area contributed by atoms with Gasteiger partial charge in [0, 0.05) is 106 Å². The molecule has 36 nitrogen and oxygen atoms in total. The van der Waals surface area contributed by atoms with Crippen molar-refractivity contribution in [2.75, 3.05) is 62.8 Å². The molecule has 4 aliphatic rings. The third-order valence-corrected chi connectivity index (χ3v) is 28.5. The predicted molar refractivity (Wildman–Crippen MR) is 502 cm³/mol. The number of phenols is 1. The fourth-order valence-electron chi connectivity index (χ4n) is 15.4. The van der Waals surface area contributed by atoms with Crippen LogP contribution in [0.25, 0.3) is 10.9 Å². The first kappa shape index (κ1) is 103. The van der Waals surface area contributed by atoms with E-state index in [4.69, 9.17) is 46.8 Å². The lowest BCUT2D eigenvalue weighted by Gasteiger charge is -2.42. The lowest BCUT2D eigenvalue weighted by Crippen LogP contribution is -2.63. The summed E-state index contributed by atoms with van der Waals surface area (Å²) in [6, 6.07) is 19.5. The molecule has 41 heteroatoms. The van der Waals surface area contributed by atoms with Crippen LogP contribution in [0.5, 0.6) is 11.5 Å². The summed E-state index contributed by atoms with van der Waals surface area (Å²) in [6.45, 7) is 8.10. The molecule has 1 aromatic heterocycles. The number of nitrogens with zero attached hydrogens (tertiary/aromatic N) is 2. The number of esters is 1. The second kappa shape index (κ2) is 48.5. The molecule has 6 aromatic rings. The second-order valence-electron chi connectivity index (χ2n) is 33.1. The maximum absolute atomic E-state index is 15.4. The minimum atomic E-state index is -1.96. The summed E-state index contributed by atoms with van der Waals surface area (Å²) in [5.74, 6) is -11.3. The van der Waals surface area contributed by atoms with Crippen molar-refractivity contribution in [3.8, 4) is 11.5 Å². The Morgan fingerprint density at radius 2 is 1.45 bits per heavy atom. The molecule has 0 spiro atoms. The minimum absolute atomic E-state index is 0.0499. The topological polar surface area (TPSA) is 527 Å². The molecule has 3 saturated heterocycles. The molecule has 3 fully saturated rings. The Kier molecular flexibility index (Phi) is 37.9. The summed E-state index contributed by atoms with van der Waals surface area (Å²) < 4.78 is 29.7. The number of carbonyl (C=O) groups excluding carboxylic acids is 13. The number of amides is 13. The van der Waals surface area contributed by atoms with Gasteiger partial charge in [-0.2, -0.15) is 0 Å². The maximum atomic E-state index is 15.4. The number of aromatic hydroxyl groups is 1. The molecule has 13 amide bonds. The van der Waals surface area contributed by atoms with Crippen LogP contribution in [0.1, 0.15) is 101 Å². The summed E-state index contributed by atoms with van der Waals surface area (Å²) in [5, 5.41) is 61.5. The van der Waals surface area contributed by atoms with Gasteiger partial charge in [-0.15, -0.1) is 0 Å². The van der Waals surface area contributed by atoms with Crippen molar-refractivity contribution in [1.82, 2.24) is 63.1 Å². The highest BCUT2D eigenvalue weighted by molar-refractivity contribution is 8.77. The van der Waals surface area contributed by atoms with E-state index in [0.29, 0.717) is 46.0 Å². The van der Waals surface area contributed by atoms with Gasteiger partial charge in [-0.05, 0) is 118 Å². The number of halogens is 1. The number of rotatable bonds is 30. The fourth-order valence-corrected chi connectivity index (χ4v) is 20.2. The van der Waals surface area contributed by atoms with E-state index in [1.807, 2.05) is 19.1 Å². The Labute approximate surface area is 785 Å². The fraction of sp³-hybridized carbons (Fsp3) is 0.462. The first-order valence-electron chi connectivity index (χ1n) is 43.1. The summed E-state index contributed by atoms with van der Waals surface area (Å²) in [6.07, 6.45) is -0.684. The van der Waals surface area contributed by atoms with Crippen LogP contribution < -0.4 is 74.3 Å². The van der Waals surface area contributed by atoms with Gasteiger partial charge in [0.2, 0.25) is 59.1 Å². The lowest BCUT2D eigenvalue weighted by molar-refractivity contribution is -0.162. The molecular formula is C91H116ClN15O21S4. The third-order valence-electron chi connectivity index (χ3n) is 23.3. The quantitative estimate of drug-likeness (QED) is 0.0124. The average Bonchev–Trinajstić information content (AvgIpc) is 1.56. The van der Waals surface area contributed by atoms with E-state index in [2.05, 4.69) is 58.2 Å². The Hall–Kier alpha value is -11.1. The number of benzene rings is 5. The number of hydrogen-bond donors (Lipinski definition) is 16. The molecule has 5 heterocycles. The highest BCUT2D eigenvalue weighted by Crippen LogP contribution is 2.50. The van der Waals surface area contributed by atoms with Gasteiger partial charge in [0.1, 0.15) is 94.8 Å². The molecule has 18 N–H and O–H groups in total. The van der Waals surface area contributed by atoms with E-state index < -0.39 is 191 Å². The summed E-state index contributed by atoms with van der Waals surface area (Å²) >= 11 is 6.91. The number of ether oxygens (including phenoxy) is 5. The number of nitrogens with one attached hydrogen (secondary N) is 11. The Morgan fingerprint density at radius 1 is 0.788 bits per heavy atom. The van der Waals surface area contributed by atoms with Crippen LogP contribution in [-0.2, 0) is 104 Å². The molecule has 17 atom stereocenters. The van der Waals surface area contributed by atoms with Crippen LogP contribution in [0.4, 0.5) is 15.3 Å². The summed E-state index contributed by atoms with van der Waals surface area (Å²) in [5.41, 5.74) is 13.4. The Morgan fingerprint density at radius 3 is 2.13 bits per heavy atom. The number of aliphatic hydroxyl groups is 2. The third kappa shape index (κ3) is 28.5. The first-order valence-corrected chi connectivity index (χ1v) is 48.4. The number of alkyl carbamates (subject to hydrolysis) is 1. The van der Waals surface area contributed by atoms with Gasteiger partial charge < -0.3 is 113 Å². The van der Waals surface area contributed by atoms with E-state index in [1.54, 1.807) is 123 Å². The number of nitrogens with two attached hydrogens (primary N) is 2. The first-order chi connectivity index (χ1) is 63.0. The standard InChI is InChI=1S/C91H116ClN15O21S4/c1-50-21-20-29-72(125-9)91(123)44-71(126-89(122)105-91)51(2)78-90(5,128-78)73(43-75(111)107(7)69-40-57(37-50)41-70(124-8)76(69)92)127-87(120)52(3)106(6)74(110)34-36-129-130-47-66(79(94)112)100-85(118)68-49-132-131-48-67(101-82(115)64(38-54-22-12-10-13-23-54)103-88(121)96-45-56-24-14-11-15-25-56)84(117)98-63(39-55-30-32-59(109)33-31-55)81(114)99-65(42-58-46-95-61-27-17-16-26-60(58)61)83(116)97-62(28-18-19-35-93)80(113)104-77(53(4)108)86(119)102-68/h10-17,20-27,29-33,40-41,46,51-53,62-68,71-73,77-78,95,108-109,123H,18-19,28,34-39,42-45,47-49,93H2,1-9H3,(H2,94,112)(H,97,116)(H,98,117)(H,99,114)(H,100,118)(H,101,115)(H,102,119)(H,104,113)(H,105,122)(H2,96,103,121)/b29-20+,50-21+/t51-,52+,53-,62+,63+,64-,65-,66+,67+,68+,71+,72-,73+,77+,78?,90+,91?/m1/s1. The van der Waals surface area contributed by atoms with Crippen molar-refractivity contribution >= 4 is 149 Å². The van der Waals surface area contributed by atoms with Crippen molar-refractivity contribution in [2.24, 2.45) is 17.4 Å². The van der Waals surface area contributed by atoms with E-state index in [-0.39, 0.29) is 97.5 Å². The monoisotopic (exact) mass is 1920 g/mol. The largest absolute Gasteiger partial charge is 0.508 e. The summed E-state index contributed by atoms with van der Waals surface area (Å²) in [7, 11) is 9.61. The molecule has 4 bridgehead atoms. The number of hydrogen-bond acceptors (Lipinski definition) is 26. The van der Waals surface area contributed by atoms with Crippen LogP contribution in [0.2, 0.25) is 5.02 Å². The van der Waals surface area contributed by atoms with Crippen LogP contribution in [0, 0.1) is 5.92 Å². The van der Waals surface area contributed by atoms with Gasteiger partial charge in [0.05, 0.1) is 31.4 Å². The number of allylic oxidation sites excluding steroid dienone is 3. The molecular weight excluding hydrogens is 1800 g/mol. The molecule has 5 aromatic carbocycles. The number of urea groups is 1. The average molecular weight is 1920 g/mol. The number of fused-ring (bicyclic) bond motifs is 6. The zero-order chi connectivity index (χ0) is 95.7. The number of unbranched alkanes of at least 4 members (excludes halogenated alkanes) is 1. The summed E-state index contributed by atoms with van der Waals surface area (Å²) in [4.78, 5) is 195. The van der Waals surface area contributed by atoms with Crippen molar-refractivity contribution in [1.29, 1.82) is 0 Å². The van der Waals surface area contributed by atoms with Gasteiger partial charge in [-0.25, -0.2) is 14.4 Å². The minimum Gasteiger partial charge on any atom is -0.508 e. The number of aromatic nitrogens is 1. The molecule has 0 saturated carbocycles. The SMILES string of the molecule is COc1cc2cc(c1Cl)N(C)C(=O)C[C@H](OC(=O)[C@H](C)N(C)C(=O)CCSSC[C@H](NC(=O)[C@@H]1CSSC[C@H](NC(=O)[C@@H](Cc3ccccc3)NC(=O)NCc3ccccc3)C(=O)N[C@@H](Cc3ccc(O)cc3)C(=O)N[C@H](Cc3c[nH]c4ccccc34)C(=O)N[C@@H](CCCCN)C(=O)N[C@@H]([C@@H](C)O)C(=O)N1)C(N)=O)[C@]1(C)OC1[C@H](C)[C@@H]1CC(O)(NC(=O)O1)[C@H](OC)/C=C/C=C(\C)C2. The normalized spacial score (nSPS) is 25.2. The number of epoxide rings is 1. The Bertz CT molecular complexity index is 5140. The maximum Gasteiger partial charge on any atom is 0.409 e. The number of aliphatic hydroxyl groups excluding tert-OH is 1. The zero-order valence-corrected chi connectivity index (χ0v) is 78.6. The zero-order valence-electron chi connectivity index (χ0n) is 74.6. The smallest absolute Gasteiger partial charge is 0.409 e. The number of likely N-dealkylation sites (N-methyl/N-ethyl adjacent to an activating group) is 1. The van der Waals surface area contributed by atoms with Crippen LogP contribution in [0.15, 0.2) is 151 Å². The van der Waals surface area contributed by atoms with Crippen molar-refractivity contribution in [3.05, 3.63) is 184 Å². The van der Waals surface area contributed by atoms with E-state index in [1.165, 1.54) is 71.3 Å². The predicted octanol–water partition coefficient (Wildman–Crippen LogP) is 4.85. The van der Waals surface area contributed by atoms with Gasteiger partial charge in [-0.1, -0.05) is 176 Å². The number of anilines is 1. The molecule has 10 rings (SSSR count). The highest BCUT2D eigenvalue weighted by Gasteiger charge is 2.65.